The molecule has 1 atom stereocenters. The zero-order chi connectivity index (χ0) is 14.8. The van der Waals surface area contributed by atoms with E-state index in [0.29, 0.717) is 6.04 Å². The molecule has 1 amide bonds. The lowest BCUT2D eigenvalue weighted by molar-refractivity contribution is -0.130. The van der Waals surface area contributed by atoms with Crippen molar-refractivity contribution in [2.24, 2.45) is 0 Å². The lowest BCUT2D eigenvalue weighted by Gasteiger charge is -2.38. The standard InChI is InChI=1S/C16H21ClN2O2/c1-21-13-4-2-12-3-5-15(14(12)10-13)18-6-8-19(9-7-18)16(20)11-17/h2,4,10,15H,3,5-9,11H2,1H3. The zero-order valence-electron chi connectivity index (χ0n) is 12.3. The first kappa shape index (κ1) is 14.7. The summed E-state index contributed by atoms with van der Waals surface area (Å²) in [6.07, 6.45) is 2.29. The number of nitrogens with zero attached hydrogens (tertiary/aromatic N) is 2. The van der Waals surface area contributed by atoms with Crippen LogP contribution in [0.4, 0.5) is 0 Å². The fourth-order valence-corrected chi connectivity index (χ4v) is 3.60. The number of hydrogen-bond acceptors (Lipinski definition) is 3. The molecule has 114 valence electrons. The molecule has 21 heavy (non-hydrogen) atoms. The van der Waals surface area contributed by atoms with Gasteiger partial charge in [0.15, 0.2) is 0 Å². The third-order valence-corrected chi connectivity index (χ3v) is 4.85. The Morgan fingerprint density at radius 2 is 2.10 bits per heavy atom. The molecular weight excluding hydrogens is 288 g/mol. The van der Waals surface area contributed by atoms with Crippen molar-refractivity contribution >= 4 is 17.5 Å². The van der Waals surface area contributed by atoms with Gasteiger partial charge in [0.2, 0.25) is 5.91 Å². The van der Waals surface area contributed by atoms with Crippen LogP contribution in [0.5, 0.6) is 5.75 Å². The first-order chi connectivity index (χ1) is 10.2. The molecule has 0 spiro atoms. The minimum absolute atomic E-state index is 0.0461. The summed E-state index contributed by atoms with van der Waals surface area (Å²) in [5.74, 6) is 1.06. The second-order valence-corrected chi connectivity index (χ2v) is 5.94. The van der Waals surface area contributed by atoms with Crippen LogP contribution >= 0.6 is 11.6 Å². The van der Waals surface area contributed by atoms with Crippen LogP contribution in [0.3, 0.4) is 0 Å². The second-order valence-electron chi connectivity index (χ2n) is 5.67. The summed E-state index contributed by atoms with van der Waals surface area (Å²) in [7, 11) is 1.71. The van der Waals surface area contributed by atoms with Gasteiger partial charge < -0.3 is 9.64 Å². The van der Waals surface area contributed by atoms with Gasteiger partial charge >= 0.3 is 0 Å². The summed E-state index contributed by atoms with van der Waals surface area (Å²) >= 11 is 5.63. The molecule has 2 aliphatic rings. The van der Waals surface area contributed by atoms with Crippen LogP contribution < -0.4 is 4.74 Å². The maximum atomic E-state index is 11.6. The van der Waals surface area contributed by atoms with E-state index in [0.717, 1.165) is 44.8 Å². The number of fused-ring (bicyclic) bond motifs is 1. The fraction of sp³-hybridized carbons (Fsp3) is 0.562. The minimum Gasteiger partial charge on any atom is -0.497 e. The molecule has 1 aromatic carbocycles. The largest absolute Gasteiger partial charge is 0.497 e. The topological polar surface area (TPSA) is 32.8 Å². The molecular formula is C16H21ClN2O2. The zero-order valence-corrected chi connectivity index (χ0v) is 13.1. The number of alkyl halides is 1. The second kappa shape index (κ2) is 6.24. The molecule has 0 aromatic heterocycles. The van der Waals surface area contributed by atoms with E-state index in [-0.39, 0.29) is 11.8 Å². The van der Waals surface area contributed by atoms with Gasteiger partial charge in [0.25, 0.3) is 0 Å². The Hall–Kier alpha value is -1.26. The Bertz CT molecular complexity index is 527. The van der Waals surface area contributed by atoms with E-state index in [1.807, 2.05) is 11.0 Å². The Balaban J connectivity index is 1.69. The van der Waals surface area contributed by atoms with E-state index >= 15 is 0 Å². The number of carbonyl (C=O) groups excluding carboxylic acids is 1. The van der Waals surface area contributed by atoms with Crippen molar-refractivity contribution in [3.05, 3.63) is 29.3 Å². The summed E-state index contributed by atoms with van der Waals surface area (Å²) < 4.78 is 5.35. The molecule has 4 nitrogen and oxygen atoms in total. The summed E-state index contributed by atoms with van der Waals surface area (Å²) in [5, 5.41) is 0. The van der Waals surface area contributed by atoms with E-state index < -0.39 is 0 Å². The number of methoxy groups -OCH3 is 1. The molecule has 1 saturated heterocycles. The maximum absolute atomic E-state index is 11.6. The van der Waals surface area contributed by atoms with Gasteiger partial charge in [-0.3, -0.25) is 9.69 Å². The van der Waals surface area contributed by atoms with Crippen molar-refractivity contribution in [3.63, 3.8) is 0 Å². The predicted molar refractivity (Wildman–Crippen MR) is 82.9 cm³/mol. The SMILES string of the molecule is COc1ccc2c(c1)C(N1CCN(C(=O)CCl)CC1)CC2. The average molecular weight is 309 g/mol. The number of amides is 1. The molecule has 1 heterocycles. The number of halogens is 1. The van der Waals surface area contributed by atoms with E-state index in [9.17, 15) is 4.79 Å². The van der Waals surface area contributed by atoms with Crippen LogP contribution in [-0.2, 0) is 11.2 Å². The van der Waals surface area contributed by atoms with E-state index in [1.54, 1.807) is 7.11 Å². The Labute approximate surface area is 130 Å². The van der Waals surface area contributed by atoms with Gasteiger partial charge in [0.05, 0.1) is 7.11 Å². The Kier molecular flexibility index (Phi) is 4.36. The molecule has 1 aromatic rings. The van der Waals surface area contributed by atoms with Gasteiger partial charge in [0, 0.05) is 32.2 Å². The van der Waals surface area contributed by atoms with E-state index in [1.165, 1.54) is 11.1 Å². The summed E-state index contributed by atoms with van der Waals surface area (Å²) in [4.78, 5) is 16.0. The van der Waals surface area contributed by atoms with Gasteiger partial charge in [-0.2, -0.15) is 0 Å². The summed E-state index contributed by atoms with van der Waals surface area (Å²) in [6.45, 7) is 3.40. The number of aryl methyl sites for hydroxylation is 1. The van der Waals surface area contributed by atoms with Gasteiger partial charge in [-0.05, 0) is 36.1 Å². The number of hydrogen-bond donors (Lipinski definition) is 0. The maximum Gasteiger partial charge on any atom is 0.237 e. The Morgan fingerprint density at radius 3 is 2.76 bits per heavy atom. The first-order valence-corrected chi connectivity index (χ1v) is 8.01. The smallest absolute Gasteiger partial charge is 0.237 e. The summed E-state index contributed by atoms with van der Waals surface area (Å²) in [6, 6.07) is 6.85. The molecule has 0 saturated carbocycles. The summed E-state index contributed by atoms with van der Waals surface area (Å²) in [5.41, 5.74) is 2.83. The lowest BCUT2D eigenvalue weighted by Crippen LogP contribution is -2.49. The monoisotopic (exact) mass is 308 g/mol. The highest BCUT2D eigenvalue weighted by Crippen LogP contribution is 2.38. The highest BCUT2D eigenvalue weighted by atomic mass is 35.5. The molecule has 0 radical (unpaired) electrons. The minimum atomic E-state index is 0.0461. The van der Waals surface area contributed by atoms with Crippen molar-refractivity contribution in [1.29, 1.82) is 0 Å². The quantitative estimate of drug-likeness (QED) is 0.801. The molecule has 1 unspecified atom stereocenters. The normalized spacial score (nSPS) is 22.2. The van der Waals surface area contributed by atoms with Gasteiger partial charge in [-0.1, -0.05) is 6.07 Å². The predicted octanol–water partition coefficient (Wildman–Crippen LogP) is 2.07. The molecule has 1 fully saturated rings. The molecule has 3 rings (SSSR count). The Morgan fingerprint density at radius 1 is 1.33 bits per heavy atom. The number of benzene rings is 1. The molecule has 5 heteroatoms. The van der Waals surface area contributed by atoms with Crippen LogP contribution in [-0.4, -0.2) is 54.9 Å². The number of rotatable bonds is 3. The highest BCUT2D eigenvalue weighted by molar-refractivity contribution is 6.27. The molecule has 0 bridgehead atoms. The fourth-order valence-electron chi connectivity index (χ4n) is 3.43. The van der Waals surface area contributed by atoms with Crippen LogP contribution in [0.25, 0.3) is 0 Å². The van der Waals surface area contributed by atoms with Crippen molar-refractivity contribution in [3.8, 4) is 5.75 Å². The van der Waals surface area contributed by atoms with Crippen LogP contribution in [0.15, 0.2) is 18.2 Å². The van der Waals surface area contributed by atoms with Crippen molar-refractivity contribution in [2.45, 2.75) is 18.9 Å². The van der Waals surface area contributed by atoms with E-state index in [2.05, 4.69) is 17.0 Å². The average Bonchev–Trinajstić information content (AvgIpc) is 2.97. The first-order valence-electron chi connectivity index (χ1n) is 7.47. The van der Waals surface area contributed by atoms with Crippen LogP contribution in [0, 0.1) is 0 Å². The van der Waals surface area contributed by atoms with Crippen LogP contribution in [0.1, 0.15) is 23.6 Å². The molecule has 1 aliphatic carbocycles. The number of ether oxygens (including phenoxy) is 1. The number of piperazine rings is 1. The lowest BCUT2D eigenvalue weighted by atomic mass is 10.1. The van der Waals surface area contributed by atoms with Gasteiger partial charge in [0.1, 0.15) is 11.6 Å². The van der Waals surface area contributed by atoms with Crippen molar-refractivity contribution in [1.82, 2.24) is 9.80 Å². The third kappa shape index (κ3) is 2.87. The van der Waals surface area contributed by atoms with Crippen molar-refractivity contribution in [2.75, 3.05) is 39.2 Å². The van der Waals surface area contributed by atoms with Crippen molar-refractivity contribution < 1.29 is 9.53 Å². The highest BCUT2D eigenvalue weighted by Gasteiger charge is 2.31. The van der Waals surface area contributed by atoms with Gasteiger partial charge in [-0.25, -0.2) is 0 Å². The number of carbonyl (C=O) groups is 1. The molecule has 0 N–H and O–H groups in total. The van der Waals surface area contributed by atoms with Gasteiger partial charge in [-0.15, -0.1) is 11.6 Å². The third-order valence-electron chi connectivity index (χ3n) is 4.62. The van der Waals surface area contributed by atoms with E-state index in [4.69, 9.17) is 16.3 Å². The van der Waals surface area contributed by atoms with Crippen LogP contribution in [0.2, 0.25) is 0 Å². The molecule has 1 aliphatic heterocycles.